The summed E-state index contributed by atoms with van der Waals surface area (Å²) in [5, 5.41) is 3.52. The zero-order valence-corrected chi connectivity index (χ0v) is 14.5. The number of nitrogens with zero attached hydrogens (tertiary/aromatic N) is 1. The van der Waals surface area contributed by atoms with Gasteiger partial charge in [0.2, 0.25) is 5.89 Å². The summed E-state index contributed by atoms with van der Waals surface area (Å²) in [5.74, 6) is 1.49. The van der Waals surface area contributed by atoms with Gasteiger partial charge in [-0.1, -0.05) is 32.6 Å². The summed E-state index contributed by atoms with van der Waals surface area (Å²) < 4.78 is 10.7. The summed E-state index contributed by atoms with van der Waals surface area (Å²) in [6.07, 6.45) is 8.18. The highest BCUT2D eigenvalue weighted by Gasteiger charge is 2.08. The van der Waals surface area contributed by atoms with E-state index in [0.717, 1.165) is 23.6 Å². The third kappa shape index (κ3) is 5.71. The minimum absolute atomic E-state index is 0.507. The van der Waals surface area contributed by atoms with Crippen LogP contribution in [0.15, 0.2) is 34.9 Å². The zero-order chi connectivity index (χ0) is 16.5. The summed E-state index contributed by atoms with van der Waals surface area (Å²) in [6, 6.07) is 8.25. The minimum Gasteiger partial charge on any atom is -0.497 e. The molecular weight excluding hydrogens is 288 g/mol. The topological polar surface area (TPSA) is 47.3 Å². The van der Waals surface area contributed by atoms with Crippen molar-refractivity contribution < 1.29 is 9.15 Å². The molecule has 0 bridgehead atoms. The lowest BCUT2D eigenvalue weighted by atomic mass is 10.1. The Morgan fingerprint density at radius 1 is 1.17 bits per heavy atom. The number of ether oxygens (including phenoxy) is 1. The normalized spacial score (nSPS) is 12.3. The van der Waals surface area contributed by atoms with Gasteiger partial charge in [-0.3, -0.25) is 0 Å². The van der Waals surface area contributed by atoms with E-state index in [1.165, 1.54) is 32.1 Å². The van der Waals surface area contributed by atoms with Gasteiger partial charge in [0, 0.05) is 18.2 Å². The van der Waals surface area contributed by atoms with Crippen molar-refractivity contribution in [3.05, 3.63) is 36.2 Å². The van der Waals surface area contributed by atoms with E-state index in [-0.39, 0.29) is 0 Å². The molecule has 0 aliphatic rings. The van der Waals surface area contributed by atoms with Crippen molar-refractivity contribution >= 4 is 0 Å². The fraction of sp³-hybridized carbons (Fsp3) is 0.526. The minimum atomic E-state index is 0.507. The van der Waals surface area contributed by atoms with E-state index < -0.39 is 0 Å². The van der Waals surface area contributed by atoms with Gasteiger partial charge >= 0.3 is 0 Å². The van der Waals surface area contributed by atoms with Crippen molar-refractivity contribution in [1.29, 1.82) is 0 Å². The molecule has 1 N–H and O–H groups in total. The van der Waals surface area contributed by atoms with Crippen LogP contribution in [0.25, 0.3) is 11.5 Å². The number of oxazole rings is 1. The summed E-state index contributed by atoms with van der Waals surface area (Å²) >= 11 is 0. The van der Waals surface area contributed by atoms with Gasteiger partial charge < -0.3 is 14.5 Å². The Morgan fingerprint density at radius 2 is 1.96 bits per heavy atom. The lowest BCUT2D eigenvalue weighted by molar-refractivity contribution is 0.415. The largest absolute Gasteiger partial charge is 0.497 e. The number of nitrogens with one attached hydrogen (secondary N) is 1. The van der Waals surface area contributed by atoms with Crippen LogP contribution >= 0.6 is 0 Å². The zero-order valence-electron chi connectivity index (χ0n) is 14.5. The van der Waals surface area contributed by atoms with Crippen LogP contribution in [0.3, 0.4) is 0 Å². The second kappa shape index (κ2) is 9.36. The first-order valence-electron chi connectivity index (χ1n) is 8.55. The van der Waals surface area contributed by atoms with Gasteiger partial charge in [0.1, 0.15) is 12.0 Å². The number of aromatic nitrogens is 1. The first-order valence-corrected chi connectivity index (χ1v) is 8.55. The summed E-state index contributed by atoms with van der Waals surface area (Å²) in [6.45, 7) is 5.22. The molecule has 2 aromatic rings. The van der Waals surface area contributed by atoms with Crippen LogP contribution in [0.4, 0.5) is 0 Å². The van der Waals surface area contributed by atoms with E-state index >= 15 is 0 Å². The number of hydrogen-bond donors (Lipinski definition) is 1. The fourth-order valence-electron chi connectivity index (χ4n) is 2.51. The third-order valence-electron chi connectivity index (χ3n) is 4.01. The van der Waals surface area contributed by atoms with Gasteiger partial charge in [-0.15, -0.1) is 0 Å². The molecule has 0 fully saturated rings. The number of methoxy groups -OCH3 is 1. The van der Waals surface area contributed by atoms with Crippen LogP contribution in [-0.4, -0.2) is 18.1 Å². The van der Waals surface area contributed by atoms with Crippen LogP contribution in [0.5, 0.6) is 5.75 Å². The van der Waals surface area contributed by atoms with Crippen LogP contribution in [0.1, 0.15) is 51.6 Å². The Hall–Kier alpha value is -1.81. The molecule has 0 radical (unpaired) electrons. The molecule has 126 valence electrons. The molecule has 1 atom stereocenters. The van der Waals surface area contributed by atoms with Crippen molar-refractivity contribution in [2.45, 2.75) is 58.5 Å². The number of hydrogen-bond acceptors (Lipinski definition) is 4. The second-order valence-electron chi connectivity index (χ2n) is 6.00. The Balaban J connectivity index is 1.80. The predicted octanol–water partition coefficient (Wildman–Crippen LogP) is 4.80. The van der Waals surface area contributed by atoms with E-state index in [9.17, 15) is 0 Å². The SMILES string of the molecule is CCCCCCC(C)NCc1coc(-c2ccc(OC)cc2)n1. The first-order chi connectivity index (χ1) is 11.2. The van der Waals surface area contributed by atoms with Gasteiger partial charge in [-0.25, -0.2) is 4.98 Å². The Kier molecular flexibility index (Phi) is 7.14. The molecule has 23 heavy (non-hydrogen) atoms. The predicted molar refractivity (Wildman–Crippen MR) is 93.6 cm³/mol. The van der Waals surface area contributed by atoms with E-state index in [1.807, 2.05) is 24.3 Å². The lowest BCUT2D eigenvalue weighted by Gasteiger charge is -2.12. The van der Waals surface area contributed by atoms with E-state index in [1.54, 1.807) is 13.4 Å². The molecule has 1 aromatic carbocycles. The maximum atomic E-state index is 5.58. The molecule has 1 unspecified atom stereocenters. The van der Waals surface area contributed by atoms with Crippen LogP contribution in [0, 0.1) is 0 Å². The average molecular weight is 316 g/mol. The van der Waals surface area contributed by atoms with Crippen molar-refractivity contribution in [1.82, 2.24) is 10.3 Å². The molecule has 0 aliphatic carbocycles. The Morgan fingerprint density at radius 3 is 2.65 bits per heavy atom. The Bertz CT molecular complexity index is 563. The first kappa shape index (κ1) is 17.5. The summed E-state index contributed by atoms with van der Waals surface area (Å²) in [5.41, 5.74) is 1.90. The molecule has 0 aliphatic heterocycles. The maximum absolute atomic E-state index is 5.58. The molecule has 0 saturated carbocycles. The maximum Gasteiger partial charge on any atom is 0.226 e. The molecule has 0 amide bonds. The van der Waals surface area contributed by atoms with Gasteiger partial charge in [-0.05, 0) is 37.6 Å². The molecule has 1 heterocycles. The fourth-order valence-corrected chi connectivity index (χ4v) is 2.51. The highest BCUT2D eigenvalue weighted by atomic mass is 16.5. The summed E-state index contributed by atoms with van der Waals surface area (Å²) in [7, 11) is 1.66. The smallest absolute Gasteiger partial charge is 0.226 e. The average Bonchev–Trinajstić information content (AvgIpc) is 3.06. The van der Waals surface area contributed by atoms with E-state index in [4.69, 9.17) is 9.15 Å². The molecule has 0 saturated heterocycles. The molecule has 4 nitrogen and oxygen atoms in total. The summed E-state index contributed by atoms with van der Waals surface area (Å²) in [4.78, 5) is 4.55. The van der Waals surface area contributed by atoms with Crippen LogP contribution in [0.2, 0.25) is 0 Å². The lowest BCUT2D eigenvalue weighted by Crippen LogP contribution is -2.25. The second-order valence-corrected chi connectivity index (χ2v) is 6.00. The van der Waals surface area contributed by atoms with Gasteiger partial charge in [-0.2, -0.15) is 0 Å². The van der Waals surface area contributed by atoms with E-state index in [0.29, 0.717) is 11.9 Å². The highest BCUT2D eigenvalue weighted by molar-refractivity contribution is 5.54. The number of unbranched alkanes of at least 4 members (excludes halogenated alkanes) is 3. The molecular formula is C19H28N2O2. The highest BCUT2D eigenvalue weighted by Crippen LogP contribution is 2.21. The third-order valence-corrected chi connectivity index (χ3v) is 4.01. The van der Waals surface area contributed by atoms with Gasteiger partial charge in [0.15, 0.2) is 0 Å². The van der Waals surface area contributed by atoms with Gasteiger partial charge in [0.05, 0.1) is 12.8 Å². The van der Waals surface area contributed by atoms with Gasteiger partial charge in [0.25, 0.3) is 0 Å². The van der Waals surface area contributed by atoms with Crippen LogP contribution in [-0.2, 0) is 6.54 Å². The van der Waals surface area contributed by atoms with Crippen molar-refractivity contribution in [3.63, 3.8) is 0 Å². The molecule has 4 heteroatoms. The van der Waals surface area contributed by atoms with Crippen molar-refractivity contribution in [2.75, 3.05) is 7.11 Å². The molecule has 0 spiro atoms. The number of benzene rings is 1. The standard InChI is InChI=1S/C19H28N2O2/c1-4-5-6-7-8-15(2)20-13-17-14-23-19(21-17)16-9-11-18(22-3)12-10-16/h9-12,14-15,20H,4-8,13H2,1-3H3. The molecule has 1 aromatic heterocycles. The van der Waals surface area contributed by atoms with E-state index in [2.05, 4.69) is 24.1 Å². The molecule has 2 rings (SSSR count). The monoisotopic (exact) mass is 316 g/mol. The van der Waals surface area contributed by atoms with Crippen molar-refractivity contribution in [2.24, 2.45) is 0 Å². The van der Waals surface area contributed by atoms with Crippen LogP contribution < -0.4 is 10.1 Å². The van der Waals surface area contributed by atoms with Crippen molar-refractivity contribution in [3.8, 4) is 17.2 Å². The number of rotatable bonds is 10. The Labute approximate surface area is 139 Å². The quantitative estimate of drug-likeness (QED) is 0.640.